The van der Waals surface area contributed by atoms with E-state index >= 15 is 0 Å². The zero-order valence-corrected chi connectivity index (χ0v) is 17.0. The first-order chi connectivity index (χ1) is 15.0. The molecule has 31 heavy (non-hydrogen) atoms. The summed E-state index contributed by atoms with van der Waals surface area (Å²) in [5, 5.41) is 2.64. The van der Waals surface area contributed by atoms with Crippen LogP contribution in [0.5, 0.6) is 5.75 Å². The van der Waals surface area contributed by atoms with E-state index in [2.05, 4.69) is 5.32 Å². The van der Waals surface area contributed by atoms with E-state index in [4.69, 9.17) is 4.74 Å². The number of aryl methyl sites for hydroxylation is 1. The van der Waals surface area contributed by atoms with Crippen molar-refractivity contribution >= 4 is 18.0 Å². The fourth-order valence-electron chi connectivity index (χ4n) is 3.33. The summed E-state index contributed by atoms with van der Waals surface area (Å²) in [5.74, 6) is -0.0463. The molecule has 5 nitrogen and oxygen atoms in total. The van der Waals surface area contributed by atoms with Crippen LogP contribution >= 0.6 is 0 Å². The van der Waals surface area contributed by atoms with Crippen LogP contribution in [0.2, 0.25) is 0 Å². The molecule has 4 rings (SSSR count). The molecule has 0 aromatic heterocycles. The first-order valence-electron chi connectivity index (χ1n) is 9.85. The van der Waals surface area contributed by atoms with E-state index in [0.29, 0.717) is 5.75 Å². The van der Waals surface area contributed by atoms with Crippen molar-refractivity contribution < 1.29 is 18.7 Å². The largest absolute Gasteiger partial charge is 0.489 e. The first kappa shape index (κ1) is 20.3. The van der Waals surface area contributed by atoms with Crippen LogP contribution in [0.25, 0.3) is 6.08 Å². The van der Waals surface area contributed by atoms with Crippen LogP contribution < -0.4 is 10.1 Å². The van der Waals surface area contributed by atoms with Gasteiger partial charge in [-0.15, -0.1) is 0 Å². The van der Waals surface area contributed by atoms with Crippen LogP contribution in [0.3, 0.4) is 0 Å². The number of amides is 3. The fraction of sp³-hybridized carbons (Fsp3) is 0.120. The quantitative estimate of drug-likeness (QED) is 0.464. The Labute approximate surface area is 179 Å². The molecule has 1 aliphatic heterocycles. The molecule has 0 spiro atoms. The highest BCUT2D eigenvalue weighted by atomic mass is 19.1. The van der Waals surface area contributed by atoms with Gasteiger partial charge in [-0.3, -0.25) is 9.69 Å². The van der Waals surface area contributed by atoms with Crippen LogP contribution in [-0.2, 0) is 17.9 Å². The Morgan fingerprint density at radius 2 is 1.71 bits per heavy atom. The third-order valence-electron chi connectivity index (χ3n) is 4.87. The number of benzene rings is 3. The highest BCUT2D eigenvalue weighted by Crippen LogP contribution is 2.20. The van der Waals surface area contributed by atoms with Gasteiger partial charge in [0.1, 0.15) is 23.9 Å². The van der Waals surface area contributed by atoms with Crippen molar-refractivity contribution in [2.24, 2.45) is 0 Å². The van der Waals surface area contributed by atoms with E-state index in [1.54, 1.807) is 42.5 Å². The molecule has 1 aliphatic rings. The number of urea groups is 1. The Balaban J connectivity index is 1.41. The summed E-state index contributed by atoms with van der Waals surface area (Å²) in [6.45, 7) is 2.43. The normalized spacial score (nSPS) is 14.8. The molecule has 3 aromatic carbocycles. The van der Waals surface area contributed by atoms with Crippen LogP contribution in [0.15, 0.2) is 78.5 Å². The summed E-state index contributed by atoms with van der Waals surface area (Å²) < 4.78 is 18.9. The van der Waals surface area contributed by atoms with Crippen molar-refractivity contribution in [2.45, 2.75) is 20.1 Å². The van der Waals surface area contributed by atoms with Crippen LogP contribution in [0.4, 0.5) is 9.18 Å². The van der Waals surface area contributed by atoms with E-state index in [9.17, 15) is 14.0 Å². The van der Waals surface area contributed by atoms with E-state index in [1.807, 2.05) is 31.2 Å². The summed E-state index contributed by atoms with van der Waals surface area (Å²) in [6, 6.07) is 20.6. The number of halogens is 1. The number of carbonyl (C=O) groups is 2. The van der Waals surface area contributed by atoms with Gasteiger partial charge in [0, 0.05) is 0 Å². The van der Waals surface area contributed by atoms with Crippen molar-refractivity contribution in [3.63, 3.8) is 0 Å². The maximum atomic E-state index is 13.2. The maximum Gasteiger partial charge on any atom is 0.329 e. The van der Waals surface area contributed by atoms with Gasteiger partial charge in [-0.05, 0) is 54.0 Å². The molecule has 3 aromatic rings. The van der Waals surface area contributed by atoms with Gasteiger partial charge < -0.3 is 10.1 Å². The smallest absolute Gasteiger partial charge is 0.329 e. The molecule has 0 bridgehead atoms. The van der Waals surface area contributed by atoms with Crippen molar-refractivity contribution in [3.8, 4) is 5.75 Å². The Bertz CT molecular complexity index is 1160. The summed E-state index contributed by atoms with van der Waals surface area (Å²) in [4.78, 5) is 26.2. The second kappa shape index (κ2) is 8.83. The molecule has 1 heterocycles. The van der Waals surface area contributed by atoms with Gasteiger partial charge in [0.2, 0.25) is 0 Å². The van der Waals surface area contributed by atoms with Gasteiger partial charge in [0.05, 0.1) is 6.54 Å². The summed E-state index contributed by atoms with van der Waals surface area (Å²) >= 11 is 0. The molecule has 3 amide bonds. The van der Waals surface area contributed by atoms with Crippen LogP contribution in [0.1, 0.15) is 22.3 Å². The lowest BCUT2D eigenvalue weighted by Gasteiger charge is -2.12. The molecular weight excluding hydrogens is 395 g/mol. The van der Waals surface area contributed by atoms with Gasteiger partial charge >= 0.3 is 6.03 Å². The van der Waals surface area contributed by atoms with Gasteiger partial charge in [0.25, 0.3) is 5.91 Å². The molecule has 0 radical (unpaired) electrons. The van der Waals surface area contributed by atoms with Crippen LogP contribution in [-0.4, -0.2) is 16.8 Å². The van der Waals surface area contributed by atoms with Crippen molar-refractivity contribution in [2.75, 3.05) is 0 Å². The molecule has 156 valence electrons. The topological polar surface area (TPSA) is 58.6 Å². The summed E-state index contributed by atoms with van der Waals surface area (Å²) in [5.41, 5.74) is 3.67. The van der Waals surface area contributed by atoms with Gasteiger partial charge in [-0.1, -0.05) is 54.1 Å². The number of rotatable bonds is 6. The molecule has 1 fully saturated rings. The minimum Gasteiger partial charge on any atom is -0.489 e. The van der Waals surface area contributed by atoms with Gasteiger partial charge in [-0.25, -0.2) is 9.18 Å². The van der Waals surface area contributed by atoms with E-state index in [-0.39, 0.29) is 30.6 Å². The first-order valence-corrected chi connectivity index (χ1v) is 9.85. The lowest BCUT2D eigenvalue weighted by molar-refractivity contribution is -0.123. The fourth-order valence-corrected chi connectivity index (χ4v) is 3.33. The highest BCUT2D eigenvalue weighted by molar-refractivity contribution is 6.13. The zero-order valence-electron chi connectivity index (χ0n) is 17.0. The monoisotopic (exact) mass is 416 g/mol. The number of ether oxygens (including phenoxy) is 1. The van der Waals surface area contributed by atoms with Crippen molar-refractivity contribution in [3.05, 3.63) is 107 Å². The minimum atomic E-state index is -0.437. The highest BCUT2D eigenvalue weighted by Gasteiger charge is 2.33. The number of hydrogen-bond acceptors (Lipinski definition) is 3. The number of hydrogen-bond donors (Lipinski definition) is 1. The lowest BCUT2D eigenvalue weighted by atomic mass is 10.1. The average molecular weight is 416 g/mol. The Morgan fingerprint density at radius 3 is 2.45 bits per heavy atom. The second-order valence-electron chi connectivity index (χ2n) is 7.36. The molecule has 0 unspecified atom stereocenters. The number of carbonyl (C=O) groups excluding carboxylic acids is 2. The van der Waals surface area contributed by atoms with Gasteiger partial charge in [0.15, 0.2) is 0 Å². The maximum absolute atomic E-state index is 13.2. The van der Waals surface area contributed by atoms with Crippen LogP contribution in [0, 0.1) is 12.7 Å². The average Bonchev–Trinajstić information content (AvgIpc) is 3.01. The summed E-state index contributed by atoms with van der Waals surface area (Å²) in [7, 11) is 0. The molecule has 6 heteroatoms. The van der Waals surface area contributed by atoms with Crippen molar-refractivity contribution in [1.29, 1.82) is 0 Å². The number of nitrogens with one attached hydrogen (secondary N) is 1. The third-order valence-corrected chi connectivity index (χ3v) is 4.87. The van der Waals surface area contributed by atoms with Crippen molar-refractivity contribution in [1.82, 2.24) is 10.2 Å². The number of nitrogens with zero attached hydrogens (tertiary/aromatic N) is 1. The zero-order chi connectivity index (χ0) is 21.8. The SMILES string of the molecule is Cc1cccc(CN2C(=O)N/C(=C/c3ccc(OCc4cccc(F)c4)cc3)C2=O)c1. The third kappa shape index (κ3) is 4.98. The van der Waals surface area contributed by atoms with E-state index in [1.165, 1.54) is 17.0 Å². The molecule has 0 saturated carbocycles. The molecular formula is C25H21FN2O3. The molecule has 1 saturated heterocycles. The predicted octanol–water partition coefficient (Wildman–Crippen LogP) is 4.81. The minimum absolute atomic E-state index is 0.219. The Morgan fingerprint density at radius 1 is 0.968 bits per heavy atom. The standard InChI is InChI=1S/C25H21FN2O3/c1-17-4-2-5-19(12-17)15-28-24(29)23(27-25(28)30)14-18-8-10-22(11-9-18)31-16-20-6-3-7-21(26)13-20/h2-14H,15-16H2,1H3,(H,27,30)/b23-14+. The second-order valence-corrected chi connectivity index (χ2v) is 7.36. The molecule has 0 atom stereocenters. The molecule has 0 aliphatic carbocycles. The lowest BCUT2D eigenvalue weighted by Crippen LogP contribution is -2.30. The Kier molecular flexibility index (Phi) is 5.80. The van der Waals surface area contributed by atoms with E-state index < -0.39 is 6.03 Å². The van der Waals surface area contributed by atoms with E-state index in [0.717, 1.165) is 22.3 Å². The predicted molar refractivity (Wildman–Crippen MR) is 115 cm³/mol. The Hall–Kier alpha value is -3.93. The van der Waals surface area contributed by atoms with Gasteiger partial charge in [-0.2, -0.15) is 0 Å². The number of imide groups is 1. The molecule has 1 N–H and O–H groups in total. The summed E-state index contributed by atoms with van der Waals surface area (Å²) in [6.07, 6.45) is 1.63.